The highest BCUT2D eigenvalue weighted by Gasteiger charge is 2.45. The van der Waals surface area contributed by atoms with E-state index in [-0.39, 0.29) is 25.5 Å². The monoisotopic (exact) mass is 491 g/mol. The van der Waals surface area contributed by atoms with Crippen LogP contribution in [0, 0.1) is 11.3 Å². The average Bonchev–Trinajstić information content (AvgIpc) is 3.20. The van der Waals surface area contributed by atoms with Gasteiger partial charge in [-0.25, -0.2) is 4.79 Å². The van der Waals surface area contributed by atoms with Gasteiger partial charge in [-0.05, 0) is 41.5 Å². The molecule has 3 N–H and O–H groups in total. The molecule has 2 atom stereocenters. The number of hydrogen-bond acceptors (Lipinski definition) is 5. The third kappa shape index (κ3) is 7.07. The number of nitrogens with one attached hydrogen (secondary N) is 1. The molecule has 1 aliphatic rings. The van der Waals surface area contributed by atoms with E-state index in [0.29, 0.717) is 17.9 Å². The van der Waals surface area contributed by atoms with Crippen LogP contribution >= 0.6 is 11.6 Å². The van der Waals surface area contributed by atoms with Crippen molar-refractivity contribution < 1.29 is 32.3 Å². The van der Waals surface area contributed by atoms with Crippen LogP contribution in [-0.2, 0) is 32.2 Å². The molecule has 1 saturated heterocycles. The molecule has 0 bridgehead atoms. The van der Waals surface area contributed by atoms with Gasteiger partial charge in [0, 0.05) is 24.7 Å². The SMILES string of the molecule is CC(C)(C)[C@@H](COC(=O)C(F)(F)F)C(=O)N1CCC[C@H]1C(=O)NCc1cc(Cl)ccc1CN. The molecular weight excluding hydrogens is 463 g/mol. The average molecular weight is 492 g/mol. The van der Waals surface area contributed by atoms with Gasteiger partial charge in [0.25, 0.3) is 0 Å². The summed E-state index contributed by atoms with van der Waals surface area (Å²) < 4.78 is 42.0. The zero-order valence-electron chi connectivity index (χ0n) is 18.8. The second kappa shape index (κ2) is 10.7. The molecule has 2 amide bonds. The van der Waals surface area contributed by atoms with Gasteiger partial charge < -0.3 is 20.7 Å². The normalized spacial score (nSPS) is 17.6. The maximum absolute atomic E-state index is 13.2. The number of likely N-dealkylation sites (tertiary alicyclic amines) is 1. The summed E-state index contributed by atoms with van der Waals surface area (Å²) in [6.07, 6.45) is -4.17. The number of nitrogens with two attached hydrogens (primary N) is 1. The molecule has 0 aromatic heterocycles. The van der Waals surface area contributed by atoms with Crippen molar-refractivity contribution in [1.82, 2.24) is 10.2 Å². The van der Waals surface area contributed by atoms with Crippen LogP contribution in [0.15, 0.2) is 18.2 Å². The number of carbonyl (C=O) groups excluding carboxylic acids is 3. The summed E-state index contributed by atoms with van der Waals surface area (Å²) in [5, 5.41) is 3.29. The van der Waals surface area contributed by atoms with E-state index >= 15 is 0 Å². The van der Waals surface area contributed by atoms with Crippen LogP contribution in [0.25, 0.3) is 0 Å². The zero-order chi connectivity index (χ0) is 25.0. The molecule has 1 aliphatic heterocycles. The number of alkyl halides is 3. The summed E-state index contributed by atoms with van der Waals surface area (Å²) in [5.41, 5.74) is 6.49. The smallest absolute Gasteiger partial charge is 0.458 e. The third-order valence-corrected chi connectivity index (χ3v) is 5.87. The maximum atomic E-state index is 13.2. The van der Waals surface area contributed by atoms with E-state index < -0.39 is 42.0 Å². The topological polar surface area (TPSA) is 102 Å². The lowest BCUT2D eigenvalue weighted by molar-refractivity contribution is -0.202. The van der Waals surface area contributed by atoms with Gasteiger partial charge in [0.15, 0.2) is 0 Å². The van der Waals surface area contributed by atoms with Gasteiger partial charge in [0.1, 0.15) is 12.6 Å². The Hall–Kier alpha value is -2.33. The van der Waals surface area contributed by atoms with E-state index in [9.17, 15) is 27.6 Å². The Morgan fingerprint density at radius 1 is 1.24 bits per heavy atom. The van der Waals surface area contributed by atoms with Crippen LogP contribution in [0.1, 0.15) is 44.7 Å². The van der Waals surface area contributed by atoms with E-state index in [1.807, 2.05) is 0 Å². The van der Waals surface area contributed by atoms with Gasteiger partial charge >= 0.3 is 12.1 Å². The molecule has 1 heterocycles. The lowest BCUT2D eigenvalue weighted by Gasteiger charge is -2.34. The molecule has 11 heteroatoms. The second-order valence-electron chi connectivity index (χ2n) is 9.04. The summed E-state index contributed by atoms with van der Waals surface area (Å²) in [5.74, 6) is -4.31. The van der Waals surface area contributed by atoms with Crippen molar-refractivity contribution in [2.45, 2.75) is 58.9 Å². The summed E-state index contributed by atoms with van der Waals surface area (Å²) >= 11 is 6.03. The van der Waals surface area contributed by atoms with Gasteiger partial charge in [0.2, 0.25) is 11.8 Å². The summed E-state index contributed by atoms with van der Waals surface area (Å²) in [4.78, 5) is 38.6. The fraction of sp³-hybridized carbons (Fsp3) is 0.591. The molecular formula is C22H29ClF3N3O4. The summed E-state index contributed by atoms with van der Waals surface area (Å²) in [6.45, 7) is 4.97. The van der Waals surface area contributed by atoms with Crippen LogP contribution < -0.4 is 11.1 Å². The standard InChI is InChI=1S/C22H29ClF3N3O4/c1-21(2,3)16(12-33-20(32)22(24,25)26)19(31)29-8-4-5-17(29)18(30)28-11-14-9-15(23)7-6-13(14)10-27/h6-7,9,16-17H,4-5,8,10-12,27H2,1-3H3,(H,28,30)/t16-,17-/m0/s1. The molecule has 184 valence electrons. The van der Waals surface area contributed by atoms with Crippen molar-refractivity contribution >= 4 is 29.4 Å². The summed E-state index contributed by atoms with van der Waals surface area (Å²) in [7, 11) is 0. The number of benzene rings is 1. The number of nitrogens with zero attached hydrogens (tertiary/aromatic N) is 1. The molecule has 7 nitrogen and oxygen atoms in total. The van der Waals surface area contributed by atoms with Gasteiger partial charge in [0.05, 0.1) is 5.92 Å². The largest absolute Gasteiger partial charge is 0.490 e. The predicted octanol–water partition coefficient (Wildman–Crippen LogP) is 3.17. The number of ether oxygens (including phenoxy) is 1. The molecule has 0 spiro atoms. The molecule has 1 fully saturated rings. The van der Waals surface area contributed by atoms with Crippen LogP contribution in [0.5, 0.6) is 0 Å². The van der Waals surface area contributed by atoms with E-state index in [1.165, 1.54) is 4.90 Å². The number of halogens is 4. The highest BCUT2D eigenvalue weighted by molar-refractivity contribution is 6.30. The fourth-order valence-corrected chi connectivity index (χ4v) is 3.89. The highest BCUT2D eigenvalue weighted by atomic mass is 35.5. The Morgan fingerprint density at radius 2 is 1.91 bits per heavy atom. The van der Waals surface area contributed by atoms with E-state index in [4.69, 9.17) is 17.3 Å². The molecule has 1 aromatic rings. The van der Waals surface area contributed by atoms with Crippen molar-refractivity contribution in [3.8, 4) is 0 Å². The molecule has 0 radical (unpaired) electrons. The van der Waals surface area contributed by atoms with Crippen molar-refractivity contribution in [3.63, 3.8) is 0 Å². The highest BCUT2D eigenvalue weighted by Crippen LogP contribution is 2.32. The Bertz CT molecular complexity index is 887. The van der Waals surface area contributed by atoms with Crippen molar-refractivity contribution in [1.29, 1.82) is 0 Å². The van der Waals surface area contributed by atoms with E-state index in [0.717, 1.165) is 11.1 Å². The van der Waals surface area contributed by atoms with Gasteiger partial charge in [-0.3, -0.25) is 9.59 Å². The lowest BCUT2D eigenvalue weighted by atomic mass is 9.80. The molecule has 1 aromatic carbocycles. The number of hydrogen-bond donors (Lipinski definition) is 2. The Kier molecular flexibility index (Phi) is 8.75. The van der Waals surface area contributed by atoms with Crippen LogP contribution in [0.2, 0.25) is 5.02 Å². The minimum absolute atomic E-state index is 0.163. The molecule has 0 saturated carbocycles. The zero-order valence-corrected chi connectivity index (χ0v) is 19.6. The first kappa shape index (κ1) is 26.9. The quantitative estimate of drug-likeness (QED) is 0.570. The number of rotatable bonds is 7. The third-order valence-electron chi connectivity index (χ3n) is 5.64. The van der Waals surface area contributed by atoms with Crippen molar-refractivity contribution in [2.24, 2.45) is 17.1 Å². The molecule has 33 heavy (non-hydrogen) atoms. The van der Waals surface area contributed by atoms with Gasteiger partial charge in [-0.2, -0.15) is 13.2 Å². The Balaban J connectivity index is 2.11. The first-order valence-corrected chi connectivity index (χ1v) is 10.9. The fourth-order valence-electron chi connectivity index (χ4n) is 3.69. The Labute approximate surface area is 195 Å². The van der Waals surface area contributed by atoms with Crippen molar-refractivity contribution in [2.75, 3.05) is 13.2 Å². The summed E-state index contributed by atoms with van der Waals surface area (Å²) in [6, 6.07) is 4.39. The van der Waals surface area contributed by atoms with Gasteiger partial charge in [-0.1, -0.05) is 38.4 Å². The van der Waals surface area contributed by atoms with Crippen LogP contribution in [-0.4, -0.2) is 48.1 Å². The number of carbonyl (C=O) groups is 3. The van der Waals surface area contributed by atoms with Gasteiger partial charge in [-0.15, -0.1) is 0 Å². The van der Waals surface area contributed by atoms with Crippen LogP contribution in [0.3, 0.4) is 0 Å². The van der Waals surface area contributed by atoms with Crippen LogP contribution in [0.4, 0.5) is 13.2 Å². The predicted molar refractivity (Wildman–Crippen MR) is 116 cm³/mol. The molecule has 0 unspecified atom stereocenters. The molecule has 0 aliphatic carbocycles. The minimum atomic E-state index is -5.15. The second-order valence-corrected chi connectivity index (χ2v) is 9.48. The Morgan fingerprint density at radius 3 is 2.48 bits per heavy atom. The molecule has 2 rings (SSSR count). The maximum Gasteiger partial charge on any atom is 0.490 e. The lowest BCUT2D eigenvalue weighted by Crippen LogP contribution is -2.51. The van der Waals surface area contributed by atoms with E-state index in [2.05, 4.69) is 10.1 Å². The van der Waals surface area contributed by atoms with E-state index in [1.54, 1.807) is 39.0 Å². The number of esters is 1. The van der Waals surface area contributed by atoms with Crippen molar-refractivity contribution in [3.05, 3.63) is 34.3 Å². The first-order valence-electron chi connectivity index (χ1n) is 10.5. The number of amides is 2. The minimum Gasteiger partial charge on any atom is -0.458 e. The first-order chi connectivity index (χ1) is 15.3.